The predicted molar refractivity (Wildman–Crippen MR) is 61.3 cm³/mol. The van der Waals surface area contributed by atoms with Gasteiger partial charge in [-0.05, 0) is 22.0 Å². The van der Waals surface area contributed by atoms with Crippen molar-refractivity contribution in [1.82, 2.24) is 5.48 Å². The number of hydrogen-bond donors (Lipinski definition) is 2. The molecule has 0 amide bonds. The molecule has 1 aromatic carbocycles. The van der Waals surface area contributed by atoms with E-state index in [1.165, 1.54) is 14.2 Å². The Labute approximate surface area is 101 Å². The van der Waals surface area contributed by atoms with Gasteiger partial charge in [0.2, 0.25) is 0 Å². The summed E-state index contributed by atoms with van der Waals surface area (Å²) in [4.78, 5) is 10.9. The van der Waals surface area contributed by atoms with Crippen LogP contribution >= 0.6 is 15.9 Å². The van der Waals surface area contributed by atoms with Crippen molar-refractivity contribution in [3.8, 4) is 11.5 Å². The zero-order valence-electron chi connectivity index (χ0n) is 8.91. The first-order valence-corrected chi connectivity index (χ1v) is 5.24. The van der Waals surface area contributed by atoms with E-state index in [4.69, 9.17) is 14.7 Å². The van der Waals surface area contributed by atoms with Gasteiger partial charge in [-0.25, -0.2) is 5.48 Å². The van der Waals surface area contributed by atoms with Gasteiger partial charge in [-0.15, -0.1) is 0 Å². The Bertz CT molecular complexity index is 395. The third-order valence-corrected chi connectivity index (χ3v) is 2.75. The lowest BCUT2D eigenvalue weighted by Gasteiger charge is -2.15. The highest BCUT2D eigenvalue weighted by atomic mass is 79.9. The zero-order valence-corrected chi connectivity index (χ0v) is 10.5. The van der Waals surface area contributed by atoms with Crippen LogP contribution in [0.3, 0.4) is 0 Å². The molecule has 0 aliphatic heterocycles. The monoisotopic (exact) mass is 289 g/mol. The Kier molecular flexibility index (Phi) is 4.72. The van der Waals surface area contributed by atoms with Gasteiger partial charge in [-0.2, -0.15) is 0 Å². The predicted octanol–water partition coefficient (Wildman–Crippen LogP) is 1.76. The van der Waals surface area contributed by atoms with Crippen molar-refractivity contribution in [1.29, 1.82) is 0 Å². The van der Waals surface area contributed by atoms with Gasteiger partial charge in [0.15, 0.2) is 17.8 Å². The summed E-state index contributed by atoms with van der Waals surface area (Å²) >= 11 is 3.26. The fraction of sp³-hybridized carbons (Fsp3) is 0.300. The molecule has 1 aromatic rings. The third-order valence-electron chi connectivity index (χ3n) is 2.10. The van der Waals surface area contributed by atoms with Crippen molar-refractivity contribution in [2.24, 2.45) is 0 Å². The van der Waals surface area contributed by atoms with E-state index in [1.54, 1.807) is 6.07 Å². The van der Waals surface area contributed by atoms with Crippen molar-refractivity contribution < 1.29 is 19.5 Å². The average Bonchev–Trinajstić information content (AvgIpc) is 2.28. The van der Waals surface area contributed by atoms with Gasteiger partial charge in [0.05, 0.1) is 19.8 Å². The van der Waals surface area contributed by atoms with Crippen molar-refractivity contribution in [3.05, 3.63) is 21.7 Å². The second-order valence-corrected chi connectivity index (χ2v) is 3.80. The van der Waals surface area contributed by atoms with E-state index >= 15 is 0 Å². The van der Waals surface area contributed by atoms with Gasteiger partial charge in [0.25, 0.3) is 0 Å². The van der Waals surface area contributed by atoms with Crippen LogP contribution in [-0.4, -0.2) is 25.7 Å². The summed E-state index contributed by atoms with van der Waals surface area (Å²) < 4.78 is 10.9. The number of benzene rings is 1. The number of hydroxylamine groups is 1. The van der Waals surface area contributed by atoms with Crippen LogP contribution in [0, 0.1) is 0 Å². The molecule has 0 bridgehead atoms. The molecule has 5 nitrogen and oxygen atoms in total. The van der Waals surface area contributed by atoms with Gasteiger partial charge in [-0.1, -0.05) is 0 Å². The van der Waals surface area contributed by atoms with Crippen LogP contribution in [-0.2, 0) is 6.54 Å². The maximum atomic E-state index is 10.9. The molecule has 0 atom stereocenters. The molecule has 0 aromatic heterocycles. The van der Waals surface area contributed by atoms with Crippen LogP contribution in [0.2, 0.25) is 0 Å². The molecular weight excluding hydrogens is 278 g/mol. The smallest absolute Gasteiger partial charge is 0.172 e. The molecule has 0 saturated heterocycles. The zero-order chi connectivity index (χ0) is 12.1. The summed E-state index contributed by atoms with van der Waals surface area (Å²) in [6.07, 6.45) is 0.682. The molecule has 0 aliphatic carbocycles. The van der Waals surface area contributed by atoms with Crippen molar-refractivity contribution in [2.45, 2.75) is 6.54 Å². The Morgan fingerprint density at radius 1 is 1.44 bits per heavy atom. The van der Waals surface area contributed by atoms with Gasteiger partial charge in [0, 0.05) is 16.6 Å². The molecule has 0 heterocycles. The number of carbonyl (C=O) groups excluding carboxylic acids is 1. The van der Waals surface area contributed by atoms with Gasteiger partial charge in [-0.3, -0.25) is 4.79 Å². The van der Waals surface area contributed by atoms with E-state index in [2.05, 4.69) is 15.9 Å². The Balaban J connectivity index is 3.43. The molecular formula is C10H12BrNO4. The summed E-state index contributed by atoms with van der Waals surface area (Å²) in [5, 5.41) is 8.69. The minimum Gasteiger partial charge on any atom is -0.492 e. The van der Waals surface area contributed by atoms with Crippen LogP contribution < -0.4 is 15.0 Å². The molecule has 0 fully saturated rings. The molecule has 16 heavy (non-hydrogen) atoms. The second-order valence-electron chi connectivity index (χ2n) is 2.95. The van der Waals surface area contributed by atoms with Crippen LogP contribution in [0.4, 0.5) is 0 Å². The number of hydrogen-bond acceptors (Lipinski definition) is 5. The molecule has 0 radical (unpaired) electrons. The molecule has 0 saturated carbocycles. The van der Waals surface area contributed by atoms with E-state index < -0.39 is 0 Å². The number of carbonyl (C=O) groups is 1. The van der Waals surface area contributed by atoms with Crippen LogP contribution in [0.1, 0.15) is 15.9 Å². The Morgan fingerprint density at radius 2 is 2.06 bits per heavy atom. The van der Waals surface area contributed by atoms with Gasteiger partial charge < -0.3 is 14.7 Å². The van der Waals surface area contributed by atoms with E-state index in [1.807, 2.05) is 5.48 Å². The van der Waals surface area contributed by atoms with Crippen LogP contribution in [0.5, 0.6) is 11.5 Å². The topological polar surface area (TPSA) is 67.8 Å². The lowest BCUT2D eigenvalue weighted by molar-refractivity contribution is 0.111. The first-order valence-electron chi connectivity index (χ1n) is 4.45. The summed E-state index contributed by atoms with van der Waals surface area (Å²) in [5.41, 5.74) is 3.09. The summed E-state index contributed by atoms with van der Waals surface area (Å²) in [6.45, 7) is 0.192. The van der Waals surface area contributed by atoms with Crippen LogP contribution in [0.15, 0.2) is 10.5 Å². The lowest BCUT2D eigenvalue weighted by atomic mass is 10.1. The maximum absolute atomic E-state index is 10.9. The highest BCUT2D eigenvalue weighted by Gasteiger charge is 2.17. The number of rotatable bonds is 5. The third kappa shape index (κ3) is 2.34. The molecule has 88 valence electrons. The summed E-state index contributed by atoms with van der Waals surface area (Å²) in [5.74, 6) is 0.770. The number of methoxy groups -OCH3 is 2. The molecule has 0 aliphatic rings. The lowest BCUT2D eigenvalue weighted by Crippen LogP contribution is -2.09. The van der Waals surface area contributed by atoms with Crippen LogP contribution in [0.25, 0.3) is 0 Å². The minimum atomic E-state index is 0.192. The van der Waals surface area contributed by atoms with Crippen molar-refractivity contribution >= 4 is 22.2 Å². The van der Waals surface area contributed by atoms with E-state index in [-0.39, 0.29) is 6.54 Å². The number of halogens is 1. The molecule has 2 N–H and O–H groups in total. The fourth-order valence-electron chi connectivity index (χ4n) is 1.43. The standard InChI is InChI=1S/C10H12BrNO4/c1-15-9-6(4-12-14)3-8(11)7(5-13)10(9)16-2/h3,5,12,14H,4H2,1-2H3. The molecule has 0 spiro atoms. The minimum absolute atomic E-state index is 0.192. The van der Waals surface area contributed by atoms with Crippen molar-refractivity contribution in [3.63, 3.8) is 0 Å². The SMILES string of the molecule is COc1c(CNO)cc(Br)c(C=O)c1OC. The Morgan fingerprint density at radius 3 is 2.50 bits per heavy atom. The highest BCUT2D eigenvalue weighted by Crippen LogP contribution is 2.38. The van der Waals surface area contributed by atoms with Gasteiger partial charge >= 0.3 is 0 Å². The van der Waals surface area contributed by atoms with E-state index in [9.17, 15) is 4.79 Å². The second kappa shape index (κ2) is 5.83. The van der Waals surface area contributed by atoms with Crippen molar-refractivity contribution in [2.75, 3.05) is 14.2 Å². The molecule has 1 rings (SSSR count). The number of aldehydes is 1. The summed E-state index contributed by atoms with van der Waals surface area (Å²) in [7, 11) is 2.93. The van der Waals surface area contributed by atoms with E-state index in [0.29, 0.717) is 33.4 Å². The molecule has 6 heteroatoms. The quantitative estimate of drug-likeness (QED) is 0.639. The first kappa shape index (κ1) is 13.0. The normalized spacial score (nSPS) is 10.0. The molecule has 0 unspecified atom stereocenters. The first-order chi connectivity index (χ1) is 7.69. The summed E-state index contributed by atoms with van der Waals surface area (Å²) in [6, 6.07) is 1.69. The van der Waals surface area contributed by atoms with E-state index in [0.717, 1.165) is 0 Å². The maximum Gasteiger partial charge on any atom is 0.172 e. The Hall–Kier alpha value is -1.11. The largest absolute Gasteiger partial charge is 0.492 e. The number of nitrogens with one attached hydrogen (secondary N) is 1. The number of ether oxygens (including phenoxy) is 2. The average molecular weight is 290 g/mol. The fourth-order valence-corrected chi connectivity index (χ4v) is 1.98. The van der Waals surface area contributed by atoms with Gasteiger partial charge in [0.1, 0.15) is 0 Å². The highest BCUT2D eigenvalue weighted by molar-refractivity contribution is 9.10.